The molecule has 3 aromatic carbocycles. The van der Waals surface area contributed by atoms with Gasteiger partial charge in [0.15, 0.2) is 0 Å². The van der Waals surface area contributed by atoms with Gasteiger partial charge < -0.3 is 14.6 Å². The Morgan fingerprint density at radius 2 is 1.79 bits per heavy atom. The molecule has 2 heterocycles. The minimum Gasteiger partial charge on any atom is -0.486 e. The molecule has 0 aromatic heterocycles. The Kier molecular flexibility index (Phi) is 7.88. The molecular weight excluding hydrogens is 609 g/mol. The minimum absolute atomic E-state index is 0.0221. The molecule has 0 amide bonds. The highest BCUT2D eigenvalue weighted by Gasteiger charge is 2.45. The van der Waals surface area contributed by atoms with Crippen LogP contribution < -0.4 is 9.04 Å². The fourth-order valence-corrected chi connectivity index (χ4v) is 7.01. The molecule has 0 bridgehead atoms. The molecule has 1 N–H and O–H groups in total. The third kappa shape index (κ3) is 5.64. The van der Waals surface area contributed by atoms with Crippen LogP contribution in [0.25, 0.3) is 11.1 Å². The molecular formula is C28H23ClF5NO6S. The highest BCUT2D eigenvalue weighted by Crippen LogP contribution is 2.45. The van der Waals surface area contributed by atoms with Gasteiger partial charge in [0.1, 0.15) is 23.5 Å². The van der Waals surface area contributed by atoms with Gasteiger partial charge in [-0.15, -0.1) is 0 Å². The summed E-state index contributed by atoms with van der Waals surface area (Å²) in [6.45, 7) is -0.0947. The van der Waals surface area contributed by atoms with Gasteiger partial charge in [-0.05, 0) is 54.8 Å². The number of carboxylic acids is 1. The van der Waals surface area contributed by atoms with Gasteiger partial charge in [-0.25, -0.2) is 17.2 Å². The van der Waals surface area contributed by atoms with E-state index in [2.05, 4.69) is 0 Å². The predicted molar refractivity (Wildman–Crippen MR) is 142 cm³/mol. The first-order valence-corrected chi connectivity index (χ1v) is 14.5. The fourth-order valence-electron chi connectivity index (χ4n) is 5.24. The molecule has 5 rings (SSSR count). The lowest BCUT2D eigenvalue weighted by molar-refractivity contribution is -0.157. The average molecular weight is 632 g/mol. The summed E-state index contributed by atoms with van der Waals surface area (Å²) in [5, 5.41) is 9.61. The first kappa shape index (κ1) is 30.1. The summed E-state index contributed by atoms with van der Waals surface area (Å²) >= 11 is 6.06. The third-order valence-corrected chi connectivity index (χ3v) is 9.63. The molecule has 0 spiro atoms. The largest absolute Gasteiger partial charge is 0.486 e. The van der Waals surface area contributed by atoms with Crippen molar-refractivity contribution in [2.24, 2.45) is 5.41 Å². The Morgan fingerprint density at radius 1 is 1.07 bits per heavy atom. The second-order valence-corrected chi connectivity index (χ2v) is 12.4. The maximum absolute atomic E-state index is 14.2. The van der Waals surface area contributed by atoms with Crippen LogP contribution in [0, 0.1) is 17.0 Å². The van der Waals surface area contributed by atoms with Crippen molar-refractivity contribution in [1.82, 2.24) is 0 Å². The zero-order chi connectivity index (χ0) is 30.4. The highest BCUT2D eigenvalue weighted by atomic mass is 35.5. The van der Waals surface area contributed by atoms with E-state index in [1.807, 2.05) is 0 Å². The normalized spacial score (nSPS) is 18.7. The highest BCUT2D eigenvalue weighted by molar-refractivity contribution is 7.92. The summed E-state index contributed by atoms with van der Waals surface area (Å²) < 4.78 is 109. The quantitative estimate of drug-likeness (QED) is 0.246. The van der Waals surface area contributed by atoms with E-state index in [1.54, 1.807) is 0 Å². The Morgan fingerprint density at radius 3 is 2.45 bits per heavy atom. The molecule has 224 valence electrons. The molecule has 1 fully saturated rings. The molecule has 42 heavy (non-hydrogen) atoms. The fraction of sp³-hybridized carbons (Fsp3) is 0.321. The van der Waals surface area contributed by atoms with Crippen LogP contribution in [0.3, 0.4) is 0 Å². The molecule has 2 aliphatic rings. The zero-order valence-electron chi connectivity index (χ0n) is 21.6. The van der Waals surface area contributed by atoms with Crippen LogP contribution in [0.15, 0.2) is 59.5 Å². The van der Waals surface area contributed by atoms with Gasteiger partial charge in [0.05, 0.1) is 33.1 Å². The first-order chi connectivity index (χ1) is 19.7. The van der Waals surface area contributed by atoms with E-state index < -0.39 is 67.3 Å². The number of sulfonamides is 1. The SMILES string of the molecule is O=C(O)C1(C[C@H]2CN(S(=O)(=O)c3cccc(C(F)(F)F)c3)c3cc(-c4cc(F)cc(F)c4Cl)ccc3O2)CCOCC1. The van der Waals surface area contributed by atoms with Gasteiger partial charge in [-0.1, -0.05) is 23.7 Å². The molecule has 7 nitrogen and oxygen atoms in total. The van der Waals surface area contributed by atoms with Crippen molar-refractivity contribution < 1.29 is 49.7 Å². The Balaban J connectivity index is 1.63. The van der Waals surface area contributed by atoms with Crippen LogP contribution in [-0.4, -0.2) is 45.4 Å². The number of carboxylic acid groups (broad SMARTS) is 1. The van der Waals surface area contributed by atoms with E-state index in [-0.39, 0.29) is 55.0 Å². The smallest absolute Gasteiger partial charge is 0.416 e. The summed E-state index contributed by atoms with van der Waals surface area (Å²) in [7, 11) is -4.70. The van der Waals surface area contributed by atoms with Gasteiger partial charge in [0, 0.05) is 31.3 Å². The monoisotopic (exact) mass is 631 g/mol. The Hall–Kier alpha value is -3.42. The number of rotatable bonds is 6. The van der Waals surface area contributed by atoms with E-state index in [9.17, 15) is 40.3 Å². The van der Waals surface area contributed by atoms with Gasteiger partial charge in [0.25, 0.3) is 10.0 Å². The first-order valence-electron chi connectivity index (χ1n) is 12.7. The summed E-state index contributed by atoms with van der Waals surface area (Å²) in [5.74, 6) is -3.12. The third-order valence-electron chi connectivity index (χ3n) is 7.47. The lowest BCUT2D eigenvalue weighted by Crippen LogP contribution is -2.48. The topological polar surface area (TPSA) is 93.1 Å². The van der Waals surface area contributed by atoms with Crippen molar-refractivity contribution in [2.75, 3.05) is 24.1 Å². The average Bonchev–Trinajstić information content (AvgIpc) is 2.94. The van der Waals surface area contributed by atoms with Gasteiger partial charge in [-0.3, -0.25) is 9.10 Å². The standard InChI is InChI=1S/C28H23ClF5NO6S/c29-25-21(12-18(30)13-22(25)31)16-4-5-24-23(10-16)35(42(38,39)20-3-1-2-17(11-20)28(32,33)34)15-19(41-24)14-27(26(36)37)6-8-40-9-7-27/h1-5,10-13,19H,6-9,14-15H2,(H,36,37)/t19-/m0/s1. The molecule has 0 unspecified atom stereocenters. The van der Waals surface area contributed by atoms with Crippen molar-refractivity contribution in [1.29, 1.82) is 0 Å². The van der Waals surface area contributed by atoms with E-state index in [4.69, 9.17) is 21.1 Å². The molecule has 0 saturated carbocycles. The van der Waals surface area contributed by atoms with Gasteiger partial charge >= 0.3 is 12.1 Å². The van der Waals surface area contributed by atoms with Crippen molar-refractivity contribution in [2.45, 2.75) is 36.4 Å². The van der Waals surface area contributed by atoms with Crippen LogP contribution in [0.2, 0.25) is 5.02 Å². The minimum atomic E-state index is -4.82. The van der Waals surface area contributed by atoms with Crippen LogP contribution in [0.4, 0.5) is 27.6 Å². The number of nitrogens with zero attached hydrogens (tertiary/aromatic N) is 1. The van der Waals surface area contributed by atoms with E-state index in [0.717, 1.165) is 28.6 Å². The second kappa shape index (κ2) is 11.0. The maximum Gasteiger partial charge on any atom is 0.416 e. The predicted octanol–water partition coefficient (Wildman–Crippen LogP) is 6.53. The number of carbonyl (C=O) groups is 1. The lowest BCUT2D eigenvalue weighted by Gasteiger charge is -2.40. The second-order valence-electron chi connectivity index (χ2n) is 10.1. The summed E-state index contributed by atoms with van der Waals surface area (Å²) in [6.07, 6.45) is -5.63. The molecule has 1 atom stereocenters. The van der Waals surface area contributed by atoms with Crippen LogP contribution in [0.5, 0.6) is 5.75 Å². The van der Waals surface area contributed by atoms with Crippen molar-refractivity contribution in [3.63, 3.8) is 0 Å². The molecule has 3 aromatic rings. The number of alkyl halides is 3. The summed E-state index contributed by atoms with van der Waals surface area (Å²) in [6, 6.07) is 8.70. The summed E-state index contributed by atoms with van der Waals surface area (Å²) in [4.78, 5) is 11.6. The number of benzene rings is 3. The van der Waals surface area contributed by atoms with Crippen LogP contribution in [-0.2, 0) is 25.7 Å². The zero-order valence-corrected chi connectivity index (χ0v) is 23.2. The summed E-state index contributed by atoms with van der Waals surface area (Å²) in [5.41, 5.74) is -2.58. The van der Waals surface area contributed by atoms with Crippen molar-refractivity contribution in [3.05, 3.63) is 76.8 Å². The van der Waals surface area contributed by atoms with Crippen LogP contribution >= 0.6 is 11.6 Å². The number of hydrogen-bond acceptors (Lipinski definition) is 5. The number of anilines is 1. The molecule has 0 radical (unpaired) electrons. The Labute approximate surface area is 242 Å². The number of hydrogen-bond donors (Lipinski definition) is 1. The van der Waals surface area contributed by atoms with Crippen LogP contribution in [0.1, 0.15) is 24.8 Å². The lowest BCUT2D eigenvalue weighted by atomic mass is 9.75. The number of aliphatic carboxylic acids is 1. The van der Waals surface area contributed by atoms with E-state index in [0.29, 0.717) is 12.1 Å². The Bertz CT molecular complexity index is 1640. The number of halogens is 6. The number of ether oxygens (including phenoxy) is 2. The molecule has 0 aliphatic carbocycles. The molecule has 14 heteroatoms. The maximum atomic E-state index is 14.2. The van der Waals surface area contributed by atoms with Gasteiger partial charge in [-0.2, -0.15) is 13.2 Å². The van der Waals surface area contributed by atoms with E-state index in [1.165, 1.54) is 18.2 Å². The molecule has 1 saturated heterocycles. The van der Waals surface area contributed by atoms with Crippen molar-refractivity contribution >= 4 is 33.3 Å². The number of fused-ring (bicyclic) bond motifs is 1. The van der Waals surface area contributed by atoms with Crippen molar-refractivity contribution in [3.8, 4) is 16.9 Å². The van der Waals surface area contributed by atoms with Gasteiger partial charge in [0.2, 0.25) is 0 Å². The van der Waals surface area contributed by atoms with E-state index >= 15 is 0 Å². The molecule has 2 aliphatic heterocycles.